The molecule has 0 aliphatic carbocycles. The van der Waals surface area contributed by atoms with Crippen LogP contribution in [0.5, 0.6) is 0 Å². The van der Waals surface area contributed by atoms with Crippen LogP contribution in [-0.4, -0.2) is 44.0 Å². The Bertz CT molecular complexity index is 514. The van der Waals surface area contributed by atoms with Crippen LogP contribution in [0, 0.1) is 5.92 Å². The van der Waals surface area contributed by atoms with Crippen LogP contribution in [0.15, 0.2) is 29.3 Å². The first-order valence-corrected chi connectivity index (χ1v) is 8.25. The van der Waals surface area contributed by atoms with Gasteiger partial charge in [0.2, 0.25) is 5.91 Å². The smallest absolute Gasteiger partial charge is 0.222 e. The van der Waals surface area contributed by atoms with Gasteiger partial charge in [0.1, 0.15) is 0 Å². The first-order chi connectivity index (χ1) is 11.0. The molecular formula is C18H31IN4O. The molecule has 0 spiro atoms. The quantitative estimate of drug-likeness (QED) is 0.293. The second-order valence-corrected chi connectivity index (χ2v) is 5.95. The molecule has 0 saturated carbocycles. The van der Waals surface area contributed by atoms with E-state index in [0.717, 1.165) is 18.9 Å². The number of halogens is 1. The van der Waals surface area contributed by atoms with Crippen molar-refractivity contribution in [1.82, 2.24) is 15.5 Å². The van der Waals surface area contributed by atoms with Crippen LogP contribution < -0.4 is 10.6 Å². The van der Waals surface area contributed by atoms with Crippen molar-refractivity contribution in [3.63, 3.8) is 0 Å². The summed E-state index contributed by atoms with van der Waals surface area (Å²) in [6, 6.07) is 8.65. The van der Waals surface area contributed by atoms with Crippen molar-refractivity contribution >= 4 is 35.8 Å². The summed E-state index contributed by atoms with van der Waals surface area (Å²) in [4.78, 5) is 17.9. The van der Waals surface area contributed by atoms with Crippen LogP contribution in [0.4, 0.5) is 0 Å². The minimum Gasteiger partial charge on any atom is -0.354 e. The van der Waals surface area contributed by atoms with E-state index < -0.39 is 0 Å². The van der Waals surface area contributed by atoms with Gasteiger partial charge in [-0.3, -0.25) is 9.79 Å². The molecule has 5 nitrogen and oxygen atoms in total. The Hall–Kier alpha value is -1.31. The lowest BCUT2D eigenvalue weighted by Gasteiger charge is -2.22. The molecule has 1 aromatic carbocycles. The summed E-state index contributed by atoms with van der Waals surface area (Å²) in [6.45, 7) is 7.98. The molecule has 0 unspecified atom stereocenters. The summed E-state index contributed by atoms with van der Waals surface area (Å²) >= 11 is 0. The molecule has 0 atom stereocenters. The van der Waals surface area contributed by atoms with Gasteiger partial charge in [0.25, 0.3) is 0 Å². The Morgan fingerprint density at radius 2 is 1.67 bits per heavy atom. The first kappa shape index (κ1) is 22.7. The van der Waals surface area contributed by atoms with E-state index in [0.29, 0.717) is 13.1 Å². The Balaban J connectivity index is 0.00000529. The number of amides is 1. The highest BCUT2D eigenvalue weighted by Gasteiger charge is 2.08. The third kappa shape index (κ3) is 7.99. The van der Waals surface area contributed by atoms with Crippen LogP contribution in [0.2, 0.25) is 0 Å². The largest absolute Gasteiger partial charge is 0.354 e. The average molecular weight is 446 g/mol. The molecule has 2 N–H and O–H groups in total. The maximum absolute atomic E-state index is 11.5. The number of aryl methyl sites for hydroxylation is 1. The van der Waals surface area contributed by atoms with Gasteiger partial charge in [-0.2, -0.15) is 0 Å². The lowest BCUT2D eigenvalue weighted by atomic mass is 10.1. The normalized spacial score (nSPS) is 11.0. The van der Waals surface area contributed by atoms with Gasteiger partial charge in [-0.25, -0.2) is 0 Å². The molecule has 0 heterocycles. The van der Waals surface area contributed by atoms with Crippen molar-refractivity contribution in [2.45, 2.75) is 33.7 Å². The Morgan fingerprint density at radius 3 is 2.17 bits per heavy atom. The van der Waals surface area contributed by atoms with E-state index >= 15 is 0 Å². The molecule has 0 saturated heterocycles. The second-order valence-electron chi connectivity index (χ2n) is 5.95. The van der Waals surface area contributed by atoms with Crippen molar-refractivity contribution in [3.05, 3.63) is 35.4 Å². The average Bonchev–Trinajstić information content (AvgIpc) is 2.55. The number of benzene rings is 1. The molecule has 1 aromatic rings. The number of carbonyl (C=O) groups is 1. The fraction of sp³-hybridized carbons (Fsp3) is 0.556. The van der Waals surface area contributed by atoms with Crippen molar-refractivity contribution in [1.29, 1.82) is 0 Å². The molecule has 0 radical (unpaired) electrons. The Morgan fingerprint density at radius 1 is 1.12 bits per heavy atom. The van der Waals surface area contributed by atoms with Gasteiger partial charge >= 0.3 is 0 Å². The highest BCUT2D eigenvalue weighted by molar-refractivity contribution is 14.0. The topological polar surface area (TPSA) is 56.7 Å². The van der Waals surface area contributed by atoms with Crippen molar-refractivity contribution in [2.75, 3.05) is 27.2 Å². The van der Waals surface area contributed by atoms with Crippen LogP contribution in [0.1, 0.15) is 31.9 Å². The molecule has 0 aliphatic rings. The molecule has 1 rings (SSSR count). The van der Waals surface area contributed by atoms with Crippen LogP contribution in [0.25, 0.3) is 0 Å². The first-order valence-electron chi connectivity index (χ1n) is 8.25. The number of nitrogens with one attached hydrogen (secondary N) is 2. The molecule has 0 bridgehead atoms. The van der Waals surface area contributed by atoms with Gasteiger partial charge in [0, 0.05) is 39.6 Å². The van der Waals surface area contributed by atoms with Crippen LogP contribution in [0.3, 0.4) is 0 Å². The van der Waals surface area contributed by atoms with E-state index in [1.807, 2.05) is 20.9 Å². The van der Waals surface area contributed by atoms with Gasteiger partial charge in [0.05, 0.1) is 0 Å². The van der Waals surface area contributed by atoms with Gasteiger partial charge in [-0.15, -0.1) is 24.0 Å². The molecule has 0 aromatic heterocycles. The second kappa shape index (κ2) is 12.1. The number of carbonyl (C=O) groups excluding carboxylic acids is 1. The van der Waals surface area contributed by atoms with E-state index in [1.165, 1.54) is 11.1 Å². The third-order valence-electron chi connectivity index (χ3n) is 3.66. The predicted molar refractivity (Wildman–Crippen MR) is 112 cm³/mol. The number of hydrogen-bond donors (Lipinski definition) is 2. The fourth-order valence-electron chi connectivity index (χ4n) is 2.18. The maximum Gasteiger partial charge on any atom is 0.222 e. The lowest BCUT2D eigenvalue weighted by molar-refractivity contribution is -0.123. The minimum atomic E-state index is 0. The van der Waals surface area contributed by atoms with E-state index in [4.69, 9.17) is 0 Å². The lowest BCUT2D eigenvalue weighted by Crippen LogP contribution is -2.42. The van der Waals surface area contributed by atoms with Crippen LogP contribution >= 0.6 is 24.0 Å². The summed E-state index contributed by atoms with van der Waals surface area (Å²) in [5, 5.41) is 6.16. The van der Waals surface area contributed by atoms with Crippen molar-refractivity contribution in [3.8, 4) is 0 Å². The van der Waals surface area contributed by atoms with E-state index in [1.54, 1.807) is 7.05 Å². The third-order valence-corrected chi connectivity index (χ3v) is 3.66. The highest BCUT2D eigenvalue weighted by Crippen LogP contribution is 2.07. The minimum absolute atomic E-state index is 0. The molecule has 0 aliphatic heterocycles. The molecular weight excluding hydrogens is 415 g/mol. The van der Waals surface area contributed by atoms with Gasteiger partial charge < -0.3 is 15.5 Å². The molecule has 24 heavy (non-hydrogen) atoms. The SMILES string of the molecule is CCc1ccc(CN(C)C(=NC)NCCNC(=O)C(C)C)cc1.I. The van der Waals surface area contributed by atoms with E-state index in [2.05, 4.69) is 51.7 Å². The number of nitrogens with zero attached hydrogens (tertiary/aromatic N) is 2. The van der Waals surface area contributed by atoms with Crippen molar-refractivity contribution < 1.29 is 4.79 Å². The van der Waals surface area contributed by atoms with Gasteiger partial charge in [-0.1, -0.05) is 45.0 Å². The number of aliphatic imine (C=N–C) groups is 1. The molecule has 6 heteroatoms. The molecule has 136 valence electrons. The standard InChI is InChI=1S/C18H30N4O.HI/c1-6-15-7-9-16(10-8-15)13-22(5)18(19-4)21-12-11-20-17(23)14(2)3;/h7-10,14H,6,11-13H2,1-5H3,(H,19,21)(H,20,23);1H. The van der Waals surface area contributed by atoms with Gasteiger partial charge in [0.15, 0.2) is 5.96 Å². The summed E-state index contributed by atoms with van der Waals surface area (Å²) in [5.74, 6) is 0.914. The summed E-state index contributed by atoms with van der Waals surface area (Å²) in [7, 11) is 3.78. The predicted octanol–water partition coefficient (Wildman–Crippen LogP) is 2.65. The zero-order chi connectivity index (χ0) is 17.2. The summed E-state index contributed by atoms with van der Waals surface area (Å²) in [5.41, 5.74) is 2.60. The van der Waals surface area contributed by atoms with E-state index in [9.17, 15) is 4.79 Å². The van der Waals surface area contributed by atoms with Crippen molar-refractivity contribution in [2.24, 2.45) is 10.9 Å². The maximum atomic E-state index is 11.5. The number of rotatable bonds is 7. The summed E-state index contributed by atoms with van der Waals surface area (Å²) in [6.07, 6.45) is 1.06. The monoisotopic (exact) mass is 446 g/mol. The summed E-state index contributed by atoms with van der Waals surface area (Å²) < 4.78 is 0. The van der Waals surface area contributed by atoms with E-state index in [-0.39, 0.29) is 35.8 Å². The Kier molecular flexibility index (Phi) is 11.4. The number of hydrogen-bond acceptors (Lipinski definition) is 2. The zero-order valence-corrected chi connectivity index (χ0v) is 17.8. The Labute approximate surface area is 163 Å². The number of guanidine groups is 1. The van der Waals surface area contributed by atoms with Gasteiger partial charge in [-0.05, 0) is 17.5 Å². The molecule has 1 amide bonds. The zero-order valence-electron chi connectivity index (χ0n) is 15.4. The fourth-order valence-corrected chi connectivity index (χ4v) is 2.18. The van der Waals surface area contributed by atoms with Crippen LogP contribution in [-0.2, 0) is 17.8 Å². The molecule has 0 fully saturated rings. The highest BCUT2D eigenvalue weighted by atomic mass is 127.